The fourth-order valence-electron chi connectivity index (χ4n) is 0.779. The van der Waals surface area contributed by atoms with Gasteiger partial charge in [0.1, 0.15) is 0 Å². The summed E-state index contributed by atoms with van der Waals surface area (Å²) in [5.41, 5.74) is 5.33. The van der Waals surface area contributed by atoms with Crippen molar-refractivity contribution in [2.45, 2.75) is 26.3 Å². The van der Waals surface area contributed by atoms with Crippen LogP contribution in [0.1, 0.15) is 25.5 Å². The minimum atomic E-state index is 0.365. The van der Waals surface area contributed by atoms with Gasteiger partial charge in [-0.15, -0.1) is 0 Å². The van der Waals surface area contributed by atoms with Crippen molar-refractivity contribution in [2.75, 3.05) is 6.61 Å². The van der Waals surface area contributed by atoms with Crippen molar-refractivity contribution in [3.8, 4) is 5.88 Å². The minimum absolute atomic E-state index is 0.365. The molecule has 4 heteroatoms. The molecule has 2 N–H and O–H groups in total. The Kier molecular flexibility index (Phi) is 3.60. The number of ether oxygens (including phenoxy) is 1. The van der Waals surface area contributed by atoms with Gasteiger partial charge in [-0.05, 0) is 11.6 Å². The number of hydrogen-bond acceptors (Lipinski definition) is 4. The third-order valence-corrected chi connectivity index (χ3v) is 1.49. The number of unbranched alkanes of at least 4 members (excludes halogenated alkanes) is 1. The molecule has 68 valence electrons. The van der Waals surface area contributed by atoms with Crippen molar-refractivity contribution in [3.63, 3.8) is 0 Å². The zero-order chi connectivity index (χ0) is 8.81. The first-order valence-corrected chi connectivity index (χ1v) is 4.15. The van der Waals surface area contributed by atoms with Gasteiger partial charge in [-0.25, -0.2) is 0 Å². The summed E-state index contributed by atoms with van der Waals surface area (Å²) in [5.74, 6) is 1.19. The summed E-state index contributed by atoms with van der Waals surface area (Å²) in [6.45, 7) is 3.16. The monoisotopic (exact) mass is 170 g/mol. The lowest BCUT2D eigenvalue weighted by Crippen LogP contribution is -1.96. The van der Waals surface area contributed by atoms with E-state index < -0.39 is 0 Å². The Morgan fingerprint density at radius 1 is 1.67 bits per heavy atom. The lowest BCUT2D eigenvalue weighted by Gasteiger charge is -1.97. The van der Waals surface area contributed by atoms with E-state index in [0.29, 0.717) is 24.8 Å². The smallest absolute Gasteiger partial charge is 0.254 e. The van der Waals surface area contributed by atoms with Crippen LogP contribution in [-0.2, 0) is 6.54 Å². The predicted molar refractivity (Wildman–Crippen MR) is 44.8 cm³/mol. The van der Waals surface area contributed by atoms with Gasteiger partial charge in [-0.2, -0.15) is 0 Å². The highest BCUT2D eigenvalue weighted by atomic mass is 16.5. The van der Waals surface area contributed by atoms with Crippen LogP contribution < -0.4 is 10.5 Å². The molecule has 0 saturated heterocycles. The van der Waals surface area contributed by atoms with Gasteiger partial charge in [-0.1, -0.05) is 13.3 Å². The maximum Gasteiger partial charge on any atom is 0.254 e. The molecule has 0 aromatic carbocycles. The van der Waals surface area contributed by atoms with Gasteiger partial charge in [0.2, 0.25) is 0 Å². The van der Waals surface area contributed by atoms with Crippen molar-refractivity contribution in [3.05, 3.63) is 11.8 Å². The standard InChI is InChI=1S/C8H14N2O2/c1-2-3-4-11-8-5-7(6-9)12-10-8/h5H,2-4,6,9H2,1H3. The molecule has 0 unspecified atom stereocenters. The van der Waals surface area contributed by atoms with E-state index in [2.05, 4.69) is 12.1 Å². The third-order valence-electron chi connectivity index (χ3n) is 1.49. The summed E-state index contributed by atoms with van der Waals surface area (Å²) in [7, 11) is 0. The van der Waals surface area contributed by atoms with Crippen LogP contribution in [0.3, 0.4) is 0 Å². The summed E-state index contributed by atoms with van der Waals surface area (Å²) in [4.78, 5) is 0. The number of rotatable bonds is 5. The molecule has 1 aromatic heterocycles. The molecule has 0 aliphatic heterocycles. The lowest BCUT2D eigenvalue weighted by molar-refractivity contribution is 0.270. The number of hydrogen-bond donors (Lipinski definition) is 1. The first-order valence-electron chi connectivity index (χ1n) is 4.15. The maximum absolute atomic E-state index is 5.33. The van der Waals surface area contributed by atoms with Gasteiger partial charge in [-0.3, -0.25) is 0 Å². The number of aromatic nitrogens is 1. The van der Waals surface area contributed by atoms with Crippen LogP contribution in [-0.4, -0.2) is 11.8 Å². The summed E-state index contributed by atoms with van der Waals surface area (Å²) in [6, 6.07) is 1.72. The Bertz CT molecular complexity index is 223. The van der Waals surface area contributed by atoms with Gasteiger partial charge >= 0.3 is 0 Å². The van der Waals surface area contributed by atoms with Crippen molar-refractivity contribution < 1.29 is 9.26 Å². The van der Waals surface area contributed by atoms with Gasteiger partial charge in [0.15, 0.2) is 5.76 Å². The van der Waals surface area contributed by atoms with Crippen LogP contribution in [0.15, 0.2) is 10.6 Å². The Morgan fingerprint density at radius 3 is 3.08 bits per heavy atom. The van der Waals surface area contributed by atoms with Gasteiger partial charge in [0.05, 0.1) is 13.2 Å². The normalized spacial score (nSPS) is 10.2. The van der Waals surface area contributed by atoms with Gasteiger partial charge < -0.3 is 15.0 Å². The summed E-state index contributed by atoms with van der Waals surface area (Å²) in [6.07, 6.45) is 2.15. The minimum Gasteiger partial charge on any atom is -0.476 e. The van der Waals surface area contributed by atoms with E-state index in [9.17, 15) is 0 Å². The number of nitrogens with two attached hydrogens (primary N) is 1. The molecule has 1 rings (SSSR count). The van der Waals surface area contributed by atoms with Crippen LogP contribution in [0.4, 0.5) is 0 Å². The molecule has 0 aliphatic rings. The van der Waals surface area contributed by atoms with E-state index in [-0.39, 0.29) is 0 Å². The molecule has 0 fully saturated rings. The fourth-order valence-corrected chi connectivity index (χ4v) is 0.779. The second-order valence-electron chi connectivity index (χ2n) is 2.54. The second-order valence-corrected chi connectivity index (χ2v) is 2.54. The van der Waals surface area contributed by atoms with E-state index in [1.165, 1.54) is 0 Å². The highest BCUT2D eigenvalue weighted by Gasteiger charge is 2.01. The van der Waals surface area contributed by atoms with E-state index in [1.807, 2.05) is 0 Å². The predicted octanol–water partition coefficient (Wildman–Crippen LogP) is 1.31. The van der Waals surface area contributed by atoms with Crippen LogP contribution in [0.5, 0.6) is 5.88 Å². The van der Waals surface area contributed by atoms with E-state index in [0.717, 1.165) is 12.8 Å². The SMILES string of the molecule is CCCCOc1cc(CN)on1. The van der Waals surface area contributed by atoms with E-state index in [1.54, 1.807) is 6.07 Å². The van der Waals surface area contributed by atoms with Crippen molar-refractivity contribution in [1.82, 2.24) is 5.16 Å². The van der Waals surface area contributed by atoms with Crippen molar-refractivity contribution >= 4 is 0 Å². The van der Waals surface area contributed by atoms with E-state index >= 15 is 0 Å². The third kappa shape index (κ3) is 2.54. The first-order chi connectivity index (χ1) is 5.86. The number of nitrogens with zero attached hydrogens (tertiary/aromatic N) is 1. The average Bonchev–Trinajstić information content (AvgIpc) is 2.53. The topological polar surface area (TPSA) is 61.3 Å². The van der Waals surface area contributed by atoms with Crippen LogP contribution in [0, 0.1) is 0 Å². The Hall–Kier alpha value is -1.03. The van der Waals surface area contributed by atoms with Crippen LogP contribution in [0.2, 0.25) is 0 Å². The molecule has 4 nitrogen and oxygen atoms in total. The molecule has 0 saturated carbocycles. The lowest BCUT2D eigenvalue weighted by atomic mass is 10.4. The molecule has 0 bridgehead atoms. The summed E-state index contributed by atoms with van der Waals surface area (Å²) >= 11 is 0. The van der Waals surface area contributed by atoms with Crippen molar-refractivity contribution in [2.24, 2.45) is 5.73 Å². The van der Waals surface area contributed by atoms with Crippen molar-refractivity contribution in [1.29, 1.82) is 0 Å². The molecule has 0 radical (unpaired) electrons. The molecule has 1 aromatic rings. The molecular weight excluding hydrogens is 156 g/mol. The quantitative estimate of drug-likeness (QED) is 0.677. The molecule has 0 atom stereocenters. The first kappa shape index (κ1) is 9.06. The Balaban J connectivity index is 2.31. The van der Waals surface area contributed by atoms with Gasteiger partial charge in [0, 0.05) is 6.07 Å². The highest BCUT2D eigenvalue weighted by molar-refractivity contribution is 5.10. The molecule has 0 aliphatic carbocycles. The molecule has 0 spiro atoms. The summed E-state index contributed by atoms with van der Waals surface area (Å²) < 4.78 is 10.1. The molecular formula is C8H14N2O2. The fraction of sp³-hybridized carbons (Fsp3) is 0.625. The summed E-state index contributed by atoms with van der Waals surface area (Å²) in [5, 5.41) is 3.68. The average molecular weight is 170 g/mol. The van der Waals surface area contributed by atoms with Crippen LogP contribution >= 0.6 is 0 Å². The van der Waals surface area contributed by atoms with Crippen LogP contribution in [0.25, 0.3) is 0 Å². The van der Waals surface area contributed by atoms with E-state index in [4.69, 9.17) is 15.0 Å². The second kappa shape index (κ2) is 4.77. The largest absolute Gasteiger partial charge is 0.476 e. The zero-order valence-electron chi connectivity index (χ0n) is 7.25. The Morgan fingerprint density at radius 2 is 2.50 bits per heavy atom. The highest BCUT2D eigenvalue weighted by Crippen LogP contribution is 2.10. The molecule has 0 amide bonds. The Labute approximate surface area is 71.7 Å². The maximum atomic E-state index is 5.33. The zero-order valence-corrected chi connectivity index (χ0v) is 7.25. The molecule has 12 heavy (non-hydrogen) atoms. The molecule has 1 heterocycles. The van der Waals surface area contributed by atoms with Gasteiger partial charge in [0.25, 0.3) is 5.88 Å².